The van der Waals surface area contributed by atoms with Crippen molar-refractivity contribution in [3.63, 3.8) is 0 Å². The van der Waals surface area contributed by atoms with E-state index < -0.39 is 0 Å². The van der Waals surface area contributed by atoms with Gasteiger partial charge >= 0.3 is 0 Å². The normalized spacial score (nSPS) is 24.2. The number of halogens is 2. The lowest BCUT2D eigenvalue weighted by molar-refractivity contribution is 0.301. The Kier molecular flexibility index (Phi) is 5.65. The van der Waals surface area contributed by atoms with Crippen LogP contribution < -0.4 is 5.32 Å². The molecule has 1 N–H and O–H groups in total. The quantitative estimate of drug-likeness (QED) is 0.806. The third-order valence-electron chi connectivity index (χ3n) is 4.30. The van der Waals surface area contributed by atoms with Crippen LogP contribution in [-0.4, -0.2) is 13.6 Å². The Labute approximate surface area is 120 Å². The Morgan fingerprint density at radius 3 is 2.68 bits per heavy atom. The molecule has 1 aliphatic carbocycles. The Bertz CT molecular complexity index is 408. The van der Waals surface area contributed by atoms with Gasteiger partial charge in [-0.05, 0) is 56.3 Å². The van der Waals surface area contributed by atoms with E-state index in [-0.39, 0.29) is 10.8 Å². The van der Waals surface area contributed by atoms with Crippen LogP contribution in [0.1, 0.15) is 37.7 Å². The first-order chi connectivity index (χ1) is 9.22. The van der Waals surface area contributed by atoms with Crippen LogP contribution in [0.25, 0.3) is 0 Å². The molecular weight excluding hydrogens is 261 g/mol. The fourth-order valence-corrected chi connectivity index (χ4v) is 3.44. The molecule has 0 spiro atoms. The van der Waals surface area contributed by atoms with Crippen LogP contribution in [0.4, 0.5) is 4.39 Å². The fourth-order valence-electron chi connectivity index (χ4n) is 3.25. The molecule has 0 amide bonds. The molecule has 2 atom stereocenters. The highest BCUT2D eigenvalue weighted by molar-refractivity contribution is 6.30. The summed E-state index contributed by atoms with van der Waals surface area (Å²) in [6, 6.07) is 5.35. The van der Waals surface area contributed by atoms with Gasteiger partial charge in [-0.3, -0.25) is 0 Å². The Morgan fingerprint density at radius 1 is 1.21 bits per heavy atom. The summed E-state index contributed by atoms with van der Waals surface area (Å²) in [6.07, 6.45) is 7.17. The van der Waals surface area contributed by atoms with Gasteiger partial charge in [-0.1, -0.05) is 43.0 Å². The second-order valence-corrected chi connectivity index (χ2v) is 6.04. The molecule has 0 aliphatic heterocycles. The van der Waals surface area contributed by atoms with Crippen molar-refractivity contribution in [1.82, 2.24) is 5.32 Å². The monoisotopic (exact) mass is 283 g/mol. The minimum absolute atomic E-state index is 0.225. The first kappa shape index (κ1) is 14.8. The van der Waals surface area contributed by atoms with Crippen molar-refractivity contribution in [3.8, 4) is 0 Å². The molecule has 106 valence electrons. The highest BCUT2D eigenvalue weighted by Crippen LogP contribution is 2.32. The predicted molar refractivity (Wildman–Crippen MR) is 79.1 cm³/mol. The highest BCUT2D eigenvalue weighted by atomic mass is 35.5. The zero-order valence-corrected chi connectivity index (χ0v) is 12.3. The Balaban J connectivity index is 2.11. The molecule has 2 unspecified atom stereocenters. The van der Waals surface area contributed by atoms with E-state index in [4.69, 9.17) is 11.6 Å². The van der Waals surface area contributed by atoms with Gasteiger partial charge in [-0.15, -0.1) is 0 Å². The van der Waals surface area contributed by atoms with Gasteiger partial charge in [0.2, 0.25) is 0 Å². The number of rotatable bonds is 4. The van der Waals surface area contributed by atoms with Gasteiger partial charge < -0.3 is 5.32 Å². The lowest BCUT2D eigenvalue weighted by atomic mass is 9.83. The van der Waals surface area contributed by atoms with Crippen LogP contribution in [0.15, 0.2) is 18.2 Å². The summed E-state index contributed by atoms with van der Waals surface area (Å²) in [6.45, 7) is 1.03. The van der Waals surface area contributed by atoms with Crippen LogP contribution >= 0.6 is 11.6 Å². The van der Waals surface area contributed by atoms with E-state index in [0.29, 0.717) is 11.8 Å². The summed E-state index contributed by atoms with van der Waals surface area (Å²) in [5.41, 5.74) is 0.778. The molecule has 1 aliphatic rings. The zero-order valence-electron chi connectivity index (χ0n) is 11.6. The molecule has 2 rings (SSSR count). The van der Waals surface area contributed by atoms with Crippen molar-refractivity contribution < 1.29 is 4.39 Å². The molecule has 0 saturated heterocycles. The van der Waals surface area contributed by atoms with Gasteiger partial charge in [0.1, 0.15) is 5.82 Å². The van der Waals surface area contributed by atoms with Crippen molar-refractivity contribution >= 4 is 11.6 Å². The molecule has 1 aromatic rings. The van der Waals surface area contributed by atoms with Gasteiger partial charge in [0, 0.05) is 0 Å². The Hall–Kier alpha value is -0.600. The average Bonchev–Trinajstić information content (AvgIpc) is 2.62. The van der Waals surface area contributed by atoms with E-state index in [2.05, 4.69) is 5.32 Å². The van der Waals surface area contributed by atoms with Crippen LogP contribution in [-0.2, 0) is 6.42 Å². The maximum atomic E-state index is 14.0. The maximum absolute atomic E-state index is 14.0. The Morgan fingerprint density at radius 2 is 1.95 bits per heavy atom. The van der Waals surface area contributed by atoms with Crippen LogP contribution in [0.2, 0.25) is 5.02 Å². The predicted octanol–water partition coefficient (Wildman–Crippen LogP) is 4.44. The lowest BCUT2D eigenvalue weighted by Crippen LogP contribution is -2.26. The maximum Gasteiger partial charge on any atom is 0.144 e. The van der Waals surface area contributed by atoms with Crippen molar-refractivity contribution in [3.05, 3.63) is 34.6 Å². The summed E-state index contributed by atoms with van der Waals surface area (Å²) in [5, 5.41) is 3.53. The van der Waals surface area contributed by atoms with E-state index in [1.807, 2.05) is 19.2 Å². The van der Waals surface area contributed by atoms with Crippen molar-refractivity contribution in [2.45, 2.75) is 38.5 Å². The molecule has 1 saturated carbocycles. The van der Waals surface area contributed by atoms with E-state index in [0.717, 1.165) is 18.5 Å². The minimum Gasteiger partial charge on any atom is -0.319 e. The van der Waals surface area contributed by atoms with E-state index in [1.165, 1.54) is 32.1 Å². The number of nitrogens with one attached hydrogen (secondary N) is 1. The first-order valence-electron chi connectivity index (χ1n) is 7.30. The summed E-state index contributed by atoms with van der Waals surface area (Å²) >= 11 is 5.87. The van der Waals surface area contributed by atoms with Gasteiger partial charge in [0.05, 0.1) is 5.02 Å². The molecule has 1 fully saturated rings. The zero-order chi connectivity index (χ0) is 13.7. The van der Waals surface area contributed by atoms with Gasteiger partial charge in [-0.2, -0.15) is 0 Å². The third-order valence-corrected chi connectivity index (χ3v) is 4.59. The molecule has 0 aromatic heterocycles. The van der Waals surface area contributed by atoms with E-state index in [1.54, 1.807) is 6.07 Å². The van der Waals surface area contributed by atoms with E-state index in [9.17, 15) is 4.39 Å². The third kappa shape index (κ3) is 3.93. The van der Waals surface area contributed by atoms with E-state index >= 15 is 0 Å². The molecule has 1 aromatic carbocycles. The summed E-state index contributed by atoms with van der Waals surface area (Å²) in [4.78, 5) is 0. The molecule has 19 heavy (non-hydrogen) atoms. The average molecular weight is 284 g/mol. The van der Waals surface area contributed by atoms with Gasteiger partial charge in [0.25, 0.3) is 0 Å². The number of hydrogen-bond acceptors (Lipinski definition) is 1. The van der Waals surface area contributed by atoms with Crippen LogP contribution in [0.5, 0.6) is 0 Å². The number of hydrogen-bond donors (Lipinski definition) is 1. The summed E-state index contributed by atoms with van der Waals surface area (Å²) < 4.78 is 14.0. The van der Waals surface area contributed by atoms with Crippen molar-refractivity contribution in [2.75, 3.05) is 13.6 Å². The van der Waals surface area contributed by atoms with Crippen molar-refractivity contribution in [1.29, 1.82) is 0 Å². The minimum atomic E-state index is -0.225. The molecule has 1 nitrogen and oxygen atoms in total. The SMILES string of the molecule is CNCC1CCCCCC1Cc1cccc(Cl)c1F. The topological polar surface area (TPSA) is 12.0 Å². The lowest BCUT2D eigenvalue weighted by Gasteiger charge is -2.25. The number of benzene rings is 1. The van der Waals surface area contributed by atoms with Crippen molar-refractivity contribution in [2.24, 2.45) is 11.8 Å². The standard InChI is InChI=1S/C16H23ClFN/c1-19-11-14-7-4-2-3-6-12(14)10-13-8-5-9-15(17)16(13)18/h5,8-9,12,14,19H,2-4,6-7,10-11H2,1H3. The molecule has 0 heterocycles. The molecular formula is C16H23ClFN. The van der Waals surface area contributed by atoms with Gasteiger partial charge in [0.15, 0.2) is 0 Å². The highest BCUT2D eigenvalue weighted by Gasteiger charge is 2.24. The smallest absolute Gasteiger partial charge is 0.144 e. The summed E-state index contributed by atoms with van der Waals surface area (Å²) in [7, 11) is 2.00. The summed E-state index contributed by atoms with van der Waals surface area (Å²) in [5.74, 6) is 1.01. The second kappa shape index (κ2) is 7.25. The first-order valence-corrected chi connectivity index (χ1v) is 7.67. The largest absolute Gasteiger partial charge is 0.319 e. The second-order valence-electron chi connectivity index (χ2n) is 5.63. The molecule has 0 bridgehead atoms. The molecule has 3 heteroatoms. The van der Waals surface area contributed by atoms with Crippen LogP contribution in [0, 0.1) is 17.7 Å². The van der Waals surface area contributed by atoms with Crippen LogP contribution in [0.3, 0.4) is 0 Å². The van der Waals surface area contributed by atoms with Gasteiger partial charge in [-0.25, -0.2) is 4.39 Å². The fraction of sp³-hybridized carbons (Fsp3) is 0.625. The molecule has 0 radical (unpaired) electrons.